The average molecular weight is 768 g/mol. The number of halogens is 1. The first-order chi connectivity index (χ1) is 22.9. The van der Waals surface area contributed by atoms with E-state index in [1.165, 1.54) is 12.3 Å². The fourth-order valence-corrected chi connectivity index (χ4v) is 7.75. The SMILES string of the molecule is COc1cc(=O)c2c(=O)c3c(c(=O)c=2c1=O)=C(O)[C@]1(CCc2cc4cc(C=NNC(=O)CN5CCOCC5I)[nH]c(=O)c4c(O)c21)C=3O. The third-order valence-electron chi connectivity index (χ3n) is 9.19. The maximum Gasteiger partial charge on any atom is 0.260 e. The van der Waals surface area contributed by atoms with E-state index in [0.717, 1.165) is 13.2 Å². The highest BCUT2D eigenvalue weighted by Gasteiger charge is 2.53. The standard InChI is InChI=1S/C32H25IN4O11/c1-47-16-8-15(38)20-21(25(16)40)27(42)23-22(26(20)41)29(44)32(30(23)45)3-2-12-6-13-7-14(35-31(46)19(13)28(43)24(12)32)9-34-36-18(39)10-37-4-5-48-11-17(37)33/h6-9,17,43-45H,2-5,10-11H2,1H3,(H,35,46)(H,36,39)/t17?,32-/m0/s1. The van der Waals surface area contributed by atoms with Crippen molar-refractivity contribution in [2.75, 3.05) is 33.4 Å². The summed E-state index contributed by atoms with van der Waals surface area (Å²) < 4.78 is 10.3. The number of H-pyrrole nitrogens is 1. The van der Waals surface area contributed by atoms with Gasteiger partial charge in [-0.1, -0.05) is 28.7 Å². The Hall–Kier alpha value is -4.94. The number of ether oxygens (including phenoxy) is 2. The number of aryl methyl sites for hydroxylation is 1. The average Bonchev–Trinajstić information content (AvgIpc) is 3.54. The number of amides is 1. The second kappa shape index (κ2) is 11.3. The number of hydrogen-bond acceptors (Lipinski definition) is 13. The minimum Gasteiger partial charge on any atom is -0.510 e. The van der Waals surface area contributed by atoms with Gasteiger partial charge >= 0.3 is 0 Å². The first-order valence-electron chi connectivity index (χ1n) is 14.7. The third-order valence-corrected chi connectivity index (χ3v) is 10.3. The molecule has 5 aliphatic rings. The van der Waals surface area contributed by atoms with Gasteiger partial charge in [-0.05, 0) is 29.9 Å². The van der Waals surface area contributed by atoms with Gasteiger partial charge in [0, 0.05) is 18.2 Å². The molecule has 2 atom stereocenters. The van der Waals surface area contributed by atoms with Crippen LogP contribution in [0.1, 0.15) is 23.2 Å². The van der Waals surface area contributed by atoms with Crippen molar-refractivity contribution < 1.29 is 29.6 Å². The molecule has 0 bridgehead atoms. The molecule has 1 fully saturated rings. The number of carbonyl (C=O) groups excluding carboxylic acids is 1. The van der Waals surface area contributed by atoms with Gasteiger partial charge in [0.1, 0.15) is 22.7 Å². The predicted octanol–water partition coefficient (Wildman–Crippen LogP) is -1.94. The number of hydrazone groups is 1. The number of alkyl halides is 1. The van der Waals surface area contributed by atoms with E-state index in [0.29, 0.717) is 25.3 Å². The number of carbonyl (C=O) groups is 1. The van der Waals surface area contributed by atoms with E-state index in [2.05, 4.69) is 38.1 Å². The van der Waals surface area contributed by atoms with E-state index >= 15 is 0 Å². The number of nitrogens with zero attached hydrogens (tertiary/aromatic N) is 2. The van der Waals surface area contributed by atoms with Crippen LogP contribution in [-0.2, 0) is 21.4 Å². The minimum atomic E-state index is -2.00. The van der Waals surface area contributed by atoms with Crippen LogP contribution in [0.5, 0.6) is 11.5 Å². The second-order valence-electron chi connectivity index (χ2n) is 11.7. The molecule has 246 valence electrons. The fraction of sp³-hybridized carbons (Fsp3) is 0.281. The zero-order valence-corrected chi connectivity index (χ0v) is 27.2. The molecule has 0 saturated carbocycles. The molecule has 1 aromatic heterocycles. The van der Waals surface area contributed by atoms with Crippen LogP contribution in [0.2, 0.25) is 0 Å². The Bertz CT molecular complexity index is 2610. The Morgan fingerprint density at radius 3 is 2.48 bits per heavy atom. The van der Waals surface area contributed by atoms with Crippen LogP contribution in [-0.4, -0.2) is 74.8 Å². The summed E-state index contributed by atoms with van der Waals surface area (Å²) in [6.07, 6.45) is 1.24. The predicted molar refractivity (Wildman–Crippen MR) is 179 cm³/mol. The van der Waals surface area contributed by atoms with Crippen molar-refractivity contribution in [3.8, 4) is 11.5 Å². The van der Waals surface area contributed by atoms with Crippen molar-refractivity contribution >= 4 is 57.0 Å². The van der Waals surface area contributed by atoms with Crippen molar-refractivity contribution in [1.29, 1.82) is 0 Å². The number of rotatable bonds is 5. The van der Waals surface area contributed by atoms with Gasteiger partial charge in [0.25, 0.3) is 11.5 Å². The number of nitrogens with one attached hydrogen (secondary N) is 2. The van der Waals surface area contributed by atoms with E-state index in [9.17, 15) is 44.1 Å². The van der Waals surface area contributed by atoms with Crippen LogP contribution in [0.3, 0.4) is 0 Å². The van der Waals surface area contributed by atoms with E-state index in [4.69, 9.17) is 9.47 Å². The van der Waals surface area contributed by atoms with Gasteiger partial charge in [0.05, 0.1) is 69.1 Å². The number of aromatic nitrogens is 1. The Morgan fingerprint density at radius 1 is 1.08 bits per heavy atom. The highest BCUT2D eigenvalue weighted by atomic mass is 127. The van der Waals surface area contributed by atoms with Crippen LogP contribution in [0.25, 0.3) is 22.3 Å². The lowest BCUT2D eigenvalue weighted by Crippen LogP contribution is -2.51. The Balaban J connectivity index is 1.33. The number of benzene rings is 1. The number of aromatic amines is 1. The van der Waals surface area contributed by atoms with Gasteiger partial charge in [0.2, 0.25) is 16.3 Å². The van der Waals surface area contributed by atoms with Gasteiger partial charge in [-0.2, -0.15) is 5.10 Å². The molecule has 4 aliphatic carbocycles. The summed E-state index contributed by atoms with van der Waals surface area (Å²) in [5.74, 6) is -3.01. The third kappa shape index (κ3) is 4.42. The first-order valence-corrected chi connectivity index (χ1v) is 15.9. The number of pyridine rings is 1. The van der Waals surface area contributed by atoms with Gasteiger partial charge in [-0.15, -0.1) is 0 Å². The molecule has 1 aromatic carbocycles. The molecule has 1 spiro atoms. The summed E-state index contributed by atoms with van der Waals surface area (Å²) in [7, 11) is 1.11. The maximum absolute atomic E-state index is 13.7. The number of hydrogen-bond donors (Lipinski definition) is 5. The second-order valence-corrected chi connectivity index (χ2v) is 13.2. The van der Waals surface area contributed by atoms with Crippen molar-refractivity contribution in [1.82, 2.24) is 15.3 Å². The highest BCUT2D eigenvalue weighted by Crippen LogP contribution is 2.54. The number of phenols is 1. The summed E-state index contributed by atoms with van der Waals surface area (Å²) in [5.41, 5.74) is -4.13. The molecular weight excluding hydrogens is 743 g/mol. The van der Waals surface area contributed by atoms with Crippen molar-refractivity contribution in [3.63, 3.8) is 0 Å². The molecule has 0 radical (unpaired) electrons. The summed E-state index contributed by atoms with van der Waals surface area (Å²) in [6.45, 7) is 1.72. The minimum absolute atomic E-state index is 0.0405. The zero-order valence-electron chi connectivity index (χ0n) is 25.0. The van der Waals surface area contributed by atoms with Crippen LogP contribution in [0, 0.1) is 10.4 Å². The number of fused-ring (bicyclic) bond motifs is 4. The highest BCUT2D eigenvalue weighted by molar-refractivity contribution is 14.1. The van der Waals surface area contributed by atoms with Gasteiger partial charge in [-0.3, -0.25) is 33.7 Å². The lowest BCUT2D eigenvalue weighted by Gasteiger charge is -2.30. The van der Waals surface area contributed by atoms with Crippen LogP contribution < -0.4 is 47.9 Å². The molecule has 16 heteroatoms. The summed E-state index contributed by atoms with van der Waals surface area (Å²) >= 11 is 2.19. The van der Waals surface area contributed by atoms with E-state index < -0.39 is 76.6 Å². The van der Waals surface area contributed by atoms with Crippen LogP contribution in [0.15, 0.2) is 47.3 Å². The Morgan fingerprint density at radius 2 is 1.79 bits per heavy atom. The fourth-order valence-electron chi connectivity index (χ4n) is 7.02. The lowest BCUT2D eigenvalue weighted by molar-refractivity contribution is -0.123. The van der Waals surface area contributed by atoms with Gasteiger partial charge < -0.3 is 29.8 Å². The molecule has 1 amide bonds. The van der Waals surface area contributed by atoms with Crippen LogP contribution in [0.4, 0.5) is 0 Å². The number of aliphatic hydroxyl groups is 2. The van der Waals surface area contributed by atoms with Gasteiger partial charge in [0.15, 0.2) is 11.2 Å². The van der Waals surface area contributed by atoms with E-state index in [-0.39, 0.29) is 51.4 Å². The summed E-state index contributed by atoms with van der Waals surface area (Å²) in [6, 6.07) is 3.85. The van der Waals surface area contributed by atoms with E-state index in [1.54, 1.807) is 6.07 Å². The Labute approximate surface area is 280 Å². The van der Waals surface area contributed by atoms with Crippen LogP contribution >= 0.6 is 22.6 Å². The Kier molecular flexibility index (Phi) is 7.48. The number of phenolic OH excluding ortho intramolecular Hbond substituents is 1. The zero-order chi connectivity index (χ0) is 34.2. The molecule has 1 unspecified atom stereocenters. The monoisotopic (exact) mass is 768 g/mol. The largest absolute Gasteiger partial charge is 0.510 e. The molecule has 15 nitrogen and oxygen atoms in total. The van der Waals surface area contributed by atoms with Crippen molar-refractivity contribution in [2.24, 2.45) is 5.10 Å². The summed E-state index contributed by atoms with van der Waals surface area (Å²) in [4.78, 5) is 83.2. The molecule has 2 aromatic rings. The number of morpholine rings is 1. The maximum atomic E-state index is 13.7. The lowest BCUT2D eigenvalue weighted by atomic mass is 9.78. The molecular formula is C32H25IN4O11. The number of methoxy groups -OCH3 is 1. The summed E-state index contributed by atoms with van der Waals surface area (Å²) in [5, 5.41) is 35.9. The molecule has 7 rings (SSSR count). The molecule has 1 aliphatic heterocycles. The molecule has 5 N–H and O–H groups in total. The van der Waals surface area contributed by atoms with E-state index in [1.807, 2.05) is 4.90 Å². The van der Waals surface area contributed by atoms with Gasteiger partial charge in [-0.25, -0.2) is 5.43 Å². The van der Waals surface area contributed by atoms with Crippen molar-refractivity contribution in [3.05, 3.63) is 107 Å². The number of aliphatic hydroxyl groups excluding tert-OH is 2. The molecule has 48 heavy (non-hydrogen) atoms. The van der Waals surface area contributed by atoms with Crippen molar-refractivity contribution in [2.45, 2.75) is 22.3 Å². The number of aromatic hydroxyl groups is 1. The smallest absolute Gasteiger partial charge is 0.260 e. The topological polar surface area (TPSA) is 225 Å². The quantitative estimate of drug-likeness (QED) is 0.0492. The first kappa shape index (κ1) is 31.6. The normalized spacial score (nSPS) is 20.7. The molecule has 2 heterocycles. The molecule has 1 saturated heterocycles.